The summed E-state index contributed by atoms with van der Waals surface area (Å²) in [4.78, 5) is 11.3. The molecule has 5 nitrogen and oxygen atoms in total. The van der Waals surface area contributed by atoms with E-state index in [2.05, 4.69) is 20.3 Å². The van der Waals surface area contributed by atoms with E-state index in [9.17, 15) is 4.79 Å². The Balaban J connectivity index is 1.62. The van der Waals surface area contributed by atoms with Gasteiger partial charge in [0.1, 0.15) is 6.26 Å². The largest absolute Gasteiger partial charge is 0.363 e. The minimum atomic E-state index is -0.0351. The maximum absolute atomic E-state index is 11.3. The van der Waals surface area contributed by atoms with Crippen molar-refractivity contribution in [2.24, 2.45) is 0 Å². The van der Waals surface area contributed by atoms with E-state index in [1.807, 2.05) is 0 Å². The van der Waals surface area contributed by atoms with E-state index >= 15 is 0 Å². The summed E-state index contributed by atoms with van der Waals surface area (Å²) in [5.41, 5.74) is 0. The Morgan fingerprint density at radius 1 is 1.64 bits per heavy atom. The number of hydrogen-bond acceptors (Lipinski definition) is 4. The third kappa shape index (κ3) is 2.85. The van der Waals surface area contributed by atoms with Crippen LogP contribution in [0.2, 0.25) is 0 Å². The van der Waals surface area contributed by atoms with Crippen molar-refractivity contribution in [2.45, 2.75) is 25.3 Å². The summed E-state index contributed by atoms with van der Waals surface area (Å²) in [6, 6.07) is 2.27. The Morgan fingerprint density at radius 2 is 2.50 bits per heavy atom. The lowest BCUT2D eigenvalue weighted by atomic mass is 10.4. The van der Waals surface area contributed by atoms with Crippen molar-refractivity contribution in [3.8, 4) is 0 Å². The van der Waals surface area contributed by atoms with Crippen LogP contribution in [0.25, 0.3) is 0 Å². The van der Waals surface area contributed by atoms with Gasteiger partial charge in [-0.05, 0) is 12.8 Å². The van der Waals surface area contributed by atoms with Crippen LogP contribution in [0.5, 0.6) is 0 Å². The lowest BCUT2D eigenvalue weighted by Crippen LogP contribution is -2.23. The Labute approximate surface area is 81.8 Å². The van der Waals surface area contributed by atoms with Crippen molar-refractivity contribution in [1.82, 2.24) is 10.5 Å². The molecule has 5 heteroatoms. The molecule has 1 heterocycles. The van der Waals surface area contributed by atoms with Crippen molar-refractivity contribution in [3.63, 3.8) is 0 Å². The molecule has 0 atom stereocenters. The number of nitrogens with zero attached hydrogens (tertiary/aromatic N) is 1. The molecule has 1 fully saturated rings. The molecule has 0 bridgehead atoms. The molecule has 0 aromatic carbocycles. The molecular weight excluding hydrogens is 182 g/mol. The molecule has 1 aliphatic rings. The van der Waals surface area contributed by atoms with E-state index in [0.29, 0.717) is 18.3 Å². The molecule has 1 amide bonds. The summed E-state index contributed by atoms with van der Waals surface area (Å²) in [6.07, 6.45) is 4.39. The van der Waals surface area contributed by atoms with E-state index in [1.54, 1.807) is 6.07 Å². The molecule has 2 N–H and O–H groups in total. The average molecular weight is 195 g/mol. The number of hydrogen-bond donors (Lipinski definition) is 2. The van der Waals surface area contributed by atoms with Gasteiger partial charge in [0.15, 0.2) is 5.82 Å². The van der Waals surface area contributed by atoms with Gasteiger partial charge in [-0.1, -0.05) is 5.16 Å². The number of rotatable bonds is 5. The molecule has 0 saturated heterocycles. The Hall–Kier alpha value is -1.36. The zero-order valence-electron chi connectivity index (χ0n) is 7.82. The van der Waals surface area contributed by atoms with Gasteiger partial charge in [0.2, 0.25) is 5.91 Å². The zero-order valence-corrected chi connectivity index (χ0v) is 7.82. The molecular formula is C9H13N3O2. The summed E-state index contributed by atoms with van der Waals surface area (Å²) in [6.45, 7) is 0.731. The number of nitrogens with one attached hydrogen (secondary N) is 2. The van der Waals surface area contributed by atoms with Gasteiger partial charge in [0, 0.05) is 25.1 Å². The Kier molecular flexibility index (Phi) is 2.78. The van der Waals surface area contributed by atoms with Crippen molar-refractivity contribution < 1.29 is 9.32 Å². The van der Waals surface area contributed by atoms with Crippen LogP contribution in [0.1, 0.15) is 19.3 Å². The highest BCUT2D eigenvalue weighted by atomic mass is 16.5. The molecule has 1 aromatic rings. The molecule has 0 aliphatic heterocycles. The van der Waals surface area contributed by atoms with Gasteiger partial charge >= 0.3 is 0 Å². The number of anilines is 1. The molecule has 14 heavy (non-hydrogen) atoms. The van der Waals surface area contributed by atoms with Crippen LogP contribution >= 0.6 is 0 Å². The molecule has 0 unspecified atom stereocenters. The second kappa shape index (κ2) is 4.23. The van der Waals surface area contributed by atoms with E-state index in [4.69, 9.17) is 0 Å². The first-order chi connectivity index (χ1) is 6.84. The smallest absolute Gasteiger partial charge is 0.226 e. The molecule has 1 saturated carbocycles. The van der Waals surface area contributed by atoms with Crippen LogP contribution in [0.15, 0.2) is 16.9 Å². The minimum absolute atomic E-state index is 0.0351. The molecule has 1 aromatic heterocycles. The monoisotopic (exact) mass is 195 g/mol. The number of aromatic nitrogens is 1. The van der Waals surface area contributed by atoms with E-state index in [-0.39, 0.29) is 5.91 Å². The average Bonchev–Trinajstić information content (AvgIpc) is 2.83. The fourth-order valence-electron chi connectivity index (χ4n) is 1.16. The first-order valence-corrected chi connectivity index (χ1v) is 4.78. The lowest BCUT2D eigenvalue weighted by Gasteiger charge is -2.02. The summed E-state index contributed by atoms with van der Waals surface area (Å²) in [5.74, 6) is 0.438. The minimum Gasteiger partial charge on any atom is -0.363 e. The molecule has 2 rings (SSSR count). The van der Waals surface area contributed by atoms with Gasteiger partial charge in [-0.2, -0.15) is 0 Å². The van der Waals surface area contributed by atoms with Crippen LogP contribution in [0.3, 0.4) is 0 Å². The summed E-state index contributed by atoms with van der Waals surface area (Å²) >= 11 is 0. The second-order valence-electron chi connectivity index (χ2n) is 3.41. The fourth-order valence-corrected chi connectivity index (χ4v) is 1.16. The first kappa shape index (κ1) is 9.21. The van der Waals surface area contributed by atoms with Gasteiger partial charge in [0.25, 0.3) is 0 Å². The van der Waals surface area contributed by atoms with Crippen LogP contribution < -0.4 is 10.6 Å². The number of carbonyl (C=O) groups is 1. The van der Waals surface area contributed by atoms with Crippen molar-refractivity contribution in [1.29, 1.82) is 0 Å². The molecule has 1 aliphatic carbocycles. The predicted molar refractivity (Wildman–Crippen MR) is 50.8 cm³/mol. The Bertz CT molecular complexity index is 293. The molecule has 0 spiro atoms. The van der Waals surface area contributed by atoms with E-state index < -0.39 is 0 Å². The highest BCUT2D eigenvalue weighted by Crippen LogP contribution is 2.18. The predicted octanol–water partition coefficient (Wildman–Crippen LogP) is 0.755. The Morgan fingerprint density at radius 3 is 3.14 bits per heavy atom. The third-order valence-corrected chi connectivity index (χ3v) is 2.07. The number of amides is 1. The van der Waals surface area contributed by atoms with Crippen molar-refractivity contribution in [2.75, 3.05) is 11.9 Å². The van der Waals surface area contributed by atoms with Crippen LogP contribution in [0.4, 0.5) is 5.82 Å². The normalized spacial score (nSPS) is 15.4. The summed E-state index contributed by atoms with van der Waals surface area (Å²) < 4.78 is 4.59. The van der Waals surface area contributed by atoms with Gasteiger partial charge in [-0.15, -0.1) is 0 Å². The van der Waals surface area contributed by atoms with E-state index in [0.717, 1.165) is 6.54 Å². The van der Waals surface area contributed by atoms with Gasteiger partial charge in [-0.3, -0.25) is 4.79 Å². The second-order valence-corrected chi connectivity index (χ2v) is 3.41. The van der Waals surface area contributed by atoms with Gasteiger partial charge in [-0.25, -0.2) is 0 Å². The van der Waals surface area contributed by atoms with Gasteiger partial charge in [0.05, 0.1) is 0 Å². The van der Waals surface area contributed by atoms with Gasteiger partial charge < -0.3 is 15.2 Å². The highest BCUT2D eigenvalue weighted by Gasteiger charge is 2.20. The van der Waals surface area contributed by atoms with Crippen LogP contribution in [-0.2, 0) is 4.79 Å². The van der Waals surface area contributed by atoms with Crippen molar-refractivity contribution in [3.05, 3.63) is 12.3 Å². The number of carbonyl (C=O) groups excluding carboxylic acids is 1. The topological polar surface area (TPSA) is 67.2 Å². The fraction of sp³-hybridized carbons (Fsp3) is 0.556. The lowest BCUT2D eigenvalue weighted by molar-refractivity contribution is -0.116. The third-order valence-electron chi connectivity index (χ3n) is 2.07. The van der Waals surface area contributed by atoms with Crippen LogP contribution in [0, 0.1) is 0 Å². The maximum Gasteiger partial charge on any atom is 0.226 e. The SMILES string of the molecule is O=C(CCNC1CC1)Nc1ccon1. The maximum atomic E-state index is 11.3. The summed E-state index contributed by atoms with van der Waals surface area (Å²) in [5, 5.41) is 9.48. The zero-order chi connectivity index (χ0) is 9.80. The highest BCUT2D eigenvalue weighted by molar-refractivity contribution is 5.89. The molecule has 0 radical (unpaired) electrons. The van der Waals surface area contributed by atoms with E-state index in [1.165, 1.54) is 19.1 Å². The molecule has 76 valence electrons. The quantitative estimate of drug-likeness (QED) is 0.727. The summed E-state index contributed by atoms with van der Waals surface area (Å²) in [7, 11) is 0. The van der Waals surface area contributed by atoms with Crippen LogP contribution in [-0.4, -0.2) is 23.7 Å². The van der Waals surface area contributed by atoms with Crippen molar-refractivity contribution >= 4 is 11.7 Å². The first-order valence-electron chi connectivity index (χ1n) is 4.78. The standard InChI is InChI=1S/C9H13N3O2/c13-9(3-5-10-7-1-2-7)11-8-4-6-14-12-8/h4,6-7,10H,1-3,5H2,(H,11,12,13).